The maximum atomic E-state index is 14.3. The number of hydrogen-bond acceptors (Lipinski definition) is 5. The molecule has 3 unspecified atom stereocenters. The fourth-order valence-electron chi connectivity index (χ4n) is 5.74. The van der Waals surface area contributed by atoms with Crippen molar-refractivity contribution < 1.29 is 23.1 Å². The third-order valence-electron chi connectivity index (χ3n) is 7.68. The molecule has 0 radical (unpaired) electrons. The van der Waals surface area contributed by atoms with Gasteiger partial charge in [0.05, 0.1) is 18.6 Å². The molecule has 3 fully saturated rings. The molecular weight excluding hydrogens is 466 g/mol. The molecule has 0 saturated carbocycles. The van der Waals surface area contributed by atoms with Crippen molar-refractivity contribution in [2.45, 2.75) is 18.9 Å². The summed E-state index contributed by atoms with van der Waals surface area (Å²) in [6.45, 7) is 4.49. The number of ether oxygens (including phenoxy) is 1. The van der Waals surface area contributed by atoms with Crippen molar-refractivity contribution in [1.82, 2.24) is 15.1 Å². The summed E-state index contributed by atoms with van der Waals surface area (Å²) in [4.78, 5) is 29.5. The van der Waals surface area contributed by atoms with Crippen molar-refractivity contribution in [2.75, 3.05) is 51.7 Å². The van der Waals surface area contributed by atoms with E-state index in [1.165, 1.54) is 0 Å². The predicted molar refractivity (Wildman–Crippen MR) is 131 cm³/mol. The highest BCUT2D eigenvalue weighted by Crippen LogP contribution is 2.33. The lowest BCUT2D eigenvalue weighted by molar-refractivity contribution is -0.125. The number of nitrogens with zero attached hydrogens (tertiary/aromatic N) is 2. The van der Waals surface area contributed by atoms with Gasteiger partial charge in [-0.25, -0.2) is 8.78 Å². The Morgan fingerprint density at radius 2 is 1.72 bits per heavy atom. The molecular formula is C27H32F2N4O3. The lowest BCUT2D eigenvalue weighted by Gasteiger charge is -2.25. The standard InChI is InChI=1S/C27H32F2N4O3/c28-22-10-21(30)11-23(29)25(22)27(35)33-14-19-12-32(13-20(19)15-33)8-6-24(17-4-2-1-3-5-17)31-26(34)18-7-9-36-16-18/h1-5,10-11,18-20,24H,6-9,12-16,30H2,(H,31,34)/t18?,19?,20?,24-/m0/s1. The van der Waals surface area contributed by atoms with E-state index >= 15 is 0 Å². The number of anilines is 1. The van der Waals surface area contributed by atoms with Crippen LogP contribution in [0.4, 0.5) is 14.5 Å². The average Bonchev–Trinajstić information content (AvgIpc) is 3.58. The van der Waals surface area contributed by atoms with E-state index in [1.807, 2.05) is 30.3 Å². The second-order valence-corrected chi connectivity index (χ2v) is 10.2. The summed E-state index contributed by atoms with van der Waals surface area (Å²) in [7, 11) is 0. The van der Waals surface area contributed by atoms with Gasteiger partial charge >= 0.3 is 0 Å². The molecule has 9 heteroatoms. The summed E-state index contributed by atoms with van der Waals surface area (Å²) in [5.74, 6) is -2.00. The van der Waals surface area contributed by atoms with E-state index in [4.69, 9.17) is 10.5 Å². The Kier molecular flexibility index (Phi) is 7.20. The number of amides is 2. The Balaban J connectivity index is 1.17. The van der Waals surface area contributed by atoms with Gasteiger partial charge < -0.3 is 25.6 Å². The molecule has 4 atom stereocenters. The van der Waals surface area contributed by atoms with Gasteiger partial charge in [0.15, 0.2) is 0 Å². The molecule has 3 aliphatic heterocycles. The molecule has 3 aliphatic rings. The summed E-state index contributed by atoms with van der Waals surface area (Å²) in [5, 5.41) is 3.23. The van der Waals surface area contributed by atoms with E-state index in [-0.39, 0.29) is 35.4 Å². The SMILES string of the molecule is Nc1cc(F)c(C(=O)N2CC3CN(CC[C@H](NC(=O)C4CCOC4)c4ccccc4)CC3C2)c(F)c1. The Labute approximate surface area is 209 Å². The van der Waals surface area contributed by atoms with Crippen molar-refractivity contribution in [1.29, 1.82) is 0 Å². The van der Waals surface area contributed by atoms with Crippen LogP contribution >= 0.6 is 0 Å². The van der Waals surface area contributed by atoms with Gasteiger partial charge in [0.25, 0.3) is 5.91 Å². The van der Waals surface area contributed by atoms with Crippen molar-refractivity contribution in [3.63, 3.8) is 0 Å². The van der Waals surface area contributed by atoms with Gasteiger partial charge in [-0.1, -0.05) is 30.3 Å². The number of rotatable bonds is 7. The molecule has 3 heterocycles. The number of carbonyl (C=O) groups excluding carboxylic acids is 2. The third-order valence-corrected chi connectivity index (χ3v) is 7.68. The van der Waals surface area contributed by atoms with Crippen molar-refractivity contribution in [3.8, 4) is 0 Å². The number of fused-ring (bicyclic) bond motifs is 1. The van der Waals surface area contributed by atoms with Gasteiger partial charge in [0, 0.05) is 45.0 Å². The number of nitrogens with one attached hydrogen (secondary N) is 1. The minimum absolute atomic E-state index is 0.0379. The number of nitrogen functional groups attached to an aromatic ring is 1. The van der Waals surface area contributed by atoms with Gasteiger partial charge in [-0.15, -0.1) is 0 Å². The lowest BCUT2D eigenvalue weighted by Crippen LogP contribution is -2.37. The molecule has 0 bridgehead atoms. The van der Waals surface area contributed by atoms with Crippen LogP contribution in [0.3, 0.4) is 0 Å². The first-order valence-electron chi connectivity index (χ1n) is 12.6. The molecule has 36 heavy (non-hydrogen) atoms. The van der Waals surface area contributed by atoms with Gasteiger partial charge in [-0.3, -0.25) is 9.59 Å². The van der Waals surface area contributed by atoms with E-state index in [0.717, 1.165) is 50.2 Å². The van der Waals surface area contributed by atoms with E-state index in [2.05, 4.69) is 10.2 Å². The monoisotopic (exact) mass is 498 g/mol. The second kappa shape index (κ2) is 10.5. The van der Waals surface area contributed by atoms with Crippen LogP contribution in [0.1, 0.15) is 34.8 Å². The molecule has 0 aromatic heterocycles. The summed E-state index contributed by atoms with van der Waals surface area (Å²) >= 11 is 0. The van der Waals surface area contributed by atoms with Crippen molar-refractivity contribution in [2.24, 2.45) is 17.8 Å². The number of carbonyl (C=O) groups is 2. The predicted octanol–water partition coefficient (Wildman–Crippen LogP) is 2.83. The molecule has 0 spiro atoms. The van der Waals surface area contributed by atoms with Crippen LogP contribution in [0.2, 0.25) is 0 Å². The fraction of sp³-hybridized carbons (Fsp3) is 0.481. The highest BCUT2D eigenvalue weighted by molar-refractivity contribution is 5.95. The van der Waals surface area contributed by atoms with Crippen LogP contribution in [0.5, 0.6) is 0 Å². The molecule has 2 aromatic rings. The fourth-order valence-corrected chi connectivity index (χ4v) is 5.74. The molecule has 3 N–H and O–H groups in total. The third kappa shape index (κ3) is 5.22. The Morgan fingerprint density at radius 3 is 2.33 bits per heavy atom. The molecule has 0 aliphatic carbocycles. The zero-order chi connectivity index (χ0) is 25.2. The van der Waals surface area contributed by atoms with E-state index in [0.29, 0.717) is 26.3 Å². The maximum Gasteiger partial charge on any atom is 0.259 e. The summed E-state index contributed by atoms with van der Waals surface area (Å²) < 4.78 is 33.9. The van der Waals surface area contributed by atoms with Crippen LogP contribution in [0, 0.1) is 29.4 Å². The first-order valence-corrected chi connectivity index (χ1v) is 12.6. The minimum Gasteiger partial charge on any atom is -0.399 e. The summed E-state index contributed by atoms with van der Waals surface area (Å²) in [6, 6.07) is 11.9. The normalized spacial score (nSPS) is 24.6. The molecule has 3 saturated heterocycles. The minimum atomic E-state index is -0.922. The van der Waals surface area contributed by atoms with Crippen LogP contribution in [0.25, 0.3) is 0 Å². The summed E-state index contributed by atoms with van der Waals surface area (Å²) in [5.41, 5.74) is 5.98. The number of nitrogens with two attached hydrogens (primary N) is 1. The molecule has 2 aromatic carbocycles. The largest absolute Gasteiger partial charge is 0.399 e. The van der Waals surface area contributed by atoms with Crippen molar-refractivity contribution >= 4 is 17.5 Å². The quantitative estimate of drug-likeness (QED) is 0.574. The molecule has 5 rings (SSSR count). The van der Waals surface area contributed by atoms with Crippen LogP contribution < -0.4 is 11.1 Å². The van der Waals surface area contributed by atoms with E-state index in [9.17, 15) is 18.4 Å². The Hall–Kier alpha value is -3.04. The van der Waals surface area contributed by atoms with Gasteiger partial charge in [0.2, 0.25) is 5.91 Å². The van der Waals surface area contributed by atoms with Gasteiger partial charge in [-0.2, -0.15) is 0 Å². The zero-order valence-corrected chi connectivity index (χ0v) is 20.2. The van der Waals surface area contributed by atoms with Crippen LogP contribution in [-0.4, -0.2) is 67.6 Å². The highest BCUT2D eigenvalue weighted by Gasteiger charge is 2.42. The average molecular weight is 499 g/mol. The van der Waals surface area contributed by atoms with Crippen LogP contribution in [-0.2, 0) is 9.53 Å². The number of halogens is 2. The van der Waals surface area contributed by atoms with Gasteiger partial charge in [-0.05, 0) is 42.4 Å². The first-order chi connectivity index (χ1) is 17.4. The van der Waals surface area contributed by atoms with E-state index < -0.39 is 23.1 Å². The molecule has 2 amide bonds. The van der Waals surface area contributed by atoms with E-state index in [1.54, 1.807) is 4.90 Å². The molecule has 7 nitrogen and oxygen atoms in total. The summed E-state index contributed by atoms with van der Waals surface area (Å²) in [6.07, 6.45) is 1.52. The number of hydrogen-bond donors (Lipinski definition) is 2. The first kappa shape index (κ1) is 24.6. The maximum absolute atomic E-state index is 14.3. The Bertz CT molecular complexity index is 1070. The second-order valence-electron chi connectivity index (χ2n) is 10.2. The Morgan fingerprint density at radius 1 is 1.06 bits per heavy atom. The van der Waals surface area contributed by atoms with Gasteiger partial charge in [0.1, 0.15) is 17.2 Å². The topological polar surface area (TPSA) is 87.9 Å². The zero-order valence-electron chi connectivity index (χ0n) is 20.2. The highest BCUT2D eigenvalue weighted by atomic mass is 19.1. The van der Waals surface area contributed by atoms with Crippen LogP contribution in [0.15, 0.2) is 42.5 Å². The smallest absolute Gasteiger partial charge is 0.259 e. The number of benzene rings is 2. The lowest BCUT2D eigenvalue weighted by atomic mass is 10.0. The van der Waals surface area contributed by atoms with Crippen molar-refractivity contribution in [3.05, 3.63) is 65.2 Å². The number of likely N-dealkylation sites (tertiary alicyclic amines) is 2. The molecule has 192 valence electrons.